The number of nitrogens with two attached hydrogens (primary N) is 1. The van der Waals surface area contributed by atoms with Crippen molar-refractivity contribution in [3.05, 3.63) is 23.3 Å². The third-order valence-corrected chi connectivity index (χ3v) is 4.07. The molecule has 1 aromatic rings. The maximum atomic E-state index is 11.3. The van der Waals surface area contributed by atoms with E-state index in [4.69, 9.17) is 10.5 Å². The standard InChI is InChI=1S/C14H19NO4/c1-19-12-7-11(16)10(6-9(12)13(17)18)14(8-15)4-2-3-5-14/h6-7,16H,2-5,8,15H2,1H3,(H,17,18). The highest BCUT2D eigenvalue weighted by Gasteiger charge is 2.37. The number of phenols is 1. The zero-order chi connectivity index (χ0) is 14.0. The molecule has 0 bridgehead atoms. The Morgan fingerprint density at radius 1 is 1.42 bits per heavy atom. The highest BCUT2D eigenvalue weighted by molar-refractivity contribution is 5.91. The predicted molar refractivity (Wildman–Crippen MR) is 70.8 cm³/mol. The van der Waals surface area contributed by atoms with Gasteiger partial charge in [0.15, 0.2) is 0 Å². The summed E-state index contributed by atoms with van der Waals surface area (Å²) < 4.78 is 5.00. The van der Waals surface area contributed by atoms with Gasteiger partial charge in [0.1, 0.15) is 17.1 Å². The molecular formula is C14H19NO4. The van der Waals surface area contributed by atoms with Crippen LogP contribution in [0.15, 0.2) is 12.1 Å². The second kappa shape index (κ2) is 5.09. The summed E-state index contributed by atoms with van der Waals surface area (Å²) in [6, 6.07) is 2.88. The van der Waals surface area contributed by atoms with Crippen molar-refractivity contribution in [2.75, 3.05) is 13.7 Å². The zero-order valence-electron chi connectivity index (χ0n) is 11.0. The number of benzene rings is 1. The molecule has 0 radical (unpaired) electrons. The molecule has 19 heavy (non-hydrogen) atoms. The molecule has 0 aromatic heterocycles. The summed E-state index contributed by atoms with van der Waals surface area (Å²) in [5, 5.41) is 19.4. The van der Waals surface area contributed by atoms with Crippen LogP contribution in [-0.2, 0) is 5.41 Å². The van der Waals surface area contributed by atoms with E-state index < -0.39 is 5.97 Å². The van der Waals surface area contributed by atoms with E-state index in [0.717, 1.165) is 25.7 Å². The summed E-state index contributed by atoms with van der Waals surface area (Å²) in [4.78, 5) is 11.3. The van der Waals surface area contributed by atoms with Gasteiger partial charge in [0, 0.05) is 23.6 Å². The molecule has 0 heterocycles. The van der Waals surface area contributed by atoms with Crippen molar-refractivity contribution >= 4 is 5.97 Å². The molecule has 0 spiro atoms. The Labute approximate surface area is 112 Å². The Bertz CT molecular complexity index is 492. The molecule has 1 aromatic carbocycles. The maximum Gasteiger partial charge on any atom is 0.339 e. The van der Waals surface area contributed by atoms with Gasteiger partial charge in [0.25, 0.3) is 0 Å². The van der Waals surface area contributed by atoms with Gasteiger partial charge in [-0.25, -0.2) is 4.79 Å². The van der Waals surface area contributed by atoms with Crippen LogP contribution in [0.3, 0.4) is 0 Å². The molecule has 5 heteroatoms. The van der Waals surface area contributed by atoms with E-state index >= 15 is 0 Å². The molecule has 5 nitrogen and oxygen atoms in total. The first-order chi connectivity index (χ1) is 9.04. The smallest absolute Gasteiger partial charge is 0.339 e. The van der Waals surface area contributed by atoms with E-state index in [-0.39, 0.29) is 22.5 Å². The number of carbonyl (C=O) groups is 1. The van der Waals surface area contributed by atoms with Crippen LogP contribution >= 0.6 is 0 Å². The Morgan fingerprint density at radius 3 is 2.53 bits per heavy atom. The summed E-state index contributed by atoms with van der Waals surface area (Å²) in [7, 11) is 1.38. The molecule has 0 amide bonds. The molecule has 1 aliphatic carbocycles. The van der Waals surface area contributed by atoms with Crippen LogP contribution in [0.2, 0.25) is 0 Å². The van der Waals surface area contributed by atoms with Gasteiger partial charge < -0.3 is 20.7 Å². The van der Waals surface area contributed by atoms with Crippen LogP contribution < -0.4 is 10.5 Å². The fourth-order valence-electron chi connectivity index (χ4n) is 2.97. The van der Waals surface area contributed by atoms with Crippen LogP contribution in [0.25, 0.3) is 0 Å². The van der Waals surface area contributed by atoms with Crippen molar-refractivity contribution in [3.8, 4) is 11.5 Å². The highest BCUT2D eigenvalue weighted by Crippen LogP contribution is 2.45. The molecular weight excluding hydrogens is 246 g/mol. The lowest BCUT2D eigenvalue weighted by Crippen LogP contribution is -2.32. The number of carboxylic acids is 1. The van der Waals surface area contributed by atoms with Gasteiger partial charge in [0.05, 0.1) is 7.11 Å². The highest BCUT2D eigenvalue weighted by atomic mass is 16.5. The van der Waals surface area contributed by atoms with Gasteiger partial charge in [-0.3, -0.25) is 0 Å². The summed E-state index contributed by atoms with van der Waals surface area (Å²) in [5.74, 6) is -0.837. The zero-order valence-corrected chi connectivity index (χ0v) is 11.0. The number of methoxy groups -OCH3 is 1. The van der Waals surface area contributed by atoms with Crippen molar-refractivity contribution in [1.29, 1.82) is 0 Å². The average molecular weight is 265 g/mol. The number of aromatic carboxylic acids is 1. The summed E-state index contributed by atoms with van der Waals surface area (Å²) in [6.45, 7) is 0.409. The van der Waals surface area contributed by atoms with Crippen LogP contribution in [0.5, 0.6) is 11.5 Å². The van der Waals surface area contributed by atoms with Crippen molar-refractivity contribution in [1.82, 2.24) is 0 Å². The van der Waals surface area contributed by atoms with Gasteiger partial charge in [-0.05, 0) is 18.9 Å². The lowest BCUT2D eigenvalue weighted by atomic mass is 9.78. The Morgan fingerprint density at radius 2 is 2.05 bits per heavy atom. The molecule has 0 atom stereocenters. The quantitative estimate of drug-likeness (QED) is 0.772. The number of carboxylic acid groups (broad SMARTS) is 1. The Hall–Kier alpha value is -1.75. The minimum atomic E-state index is -1.07. The Kier molecular flexibility index (Phi) is 3.66. The average Bonchev–Trinajstić information content (AvgIpc) is 2.87. The lowest BCUT2D eigenvalue weighted by Gasteiger charge is -2.29. The van der Waals surface area contributed by atoms with Gasteiger partial charge >= 0.3 is 5.97 Å². The molecule has 104 valence electrons. The van der Waals surface area contributed by atoms with E-state index in [2.05, 4.69) is 0 Å². The Balaban J connectivity index is 2.57. The van der Waals surface area contributed by atoms with Crippen LogP contribution in [0.1, 0.15) is 41.6 Å². The molecule has 1 fully saturated rings. The number of phenolic OH excluding ortho intramolecular Hbond substituents is 1. The first-order valence-corrected chi connectivity index (χ1v) is 6.39. The van der Waals surface area contributed by atoms with E-state index in [0.29, 0.717) is 12.1 Å². The number of aromatic hydroxyl groups is 1. The second-order valence-corrected chi connectivity index (χ2v) is 5.07. The van der Waals surface area contributed by atoms with Crippen molar-refractivity contribution < 1.29 is 19.7 Å². The molecule has 0 aliphatic heterocycles. The van der Waals surface area contributed by atoms with Gasteiger partial charge in [-0.2, -0.15) is 0 Å². The molecule has 0 unspecified atom stereocenters. The molecule has 2 rings (SSSR count). The minimum Gasteiger partial charge on any atom is -0.508 e. The van der Waals surface area contributed by atoms with Crippen molar-refractivity contribution in [2.24, 2.45) is 5.73 Å². The van der Waals surface area contributed by atoms with Crippen LogP contribution in [0.4, 0.5) is 0 Å². The second-order valence-electron chi connectivity index (χ2n) is 5.07. The maximum absolute atomic E-state index is 11.3. The summed E-state index contributed by atoms with van der Waals surface area (Å²) in [6.07, 6.45) is 3.85. The van der Waals surface area contributed by atoms with Gasteiger partial charge in [0.2, 0.25) is 0 Å². The van der Waals surface area contributed by atoms with Gasteiger partial charge in [-0.1, -0.05) is 12.8 Å². The fraction of sp³-hybridized carbons (Fsp3) is 0.500. The predicted octanol–water partition coefficient (Wildman–Crippen LogP) is 1.87. The number of hydrogen-bond acceptors (Lipinski definition) is 4. The van der Waals surface area contributed by atoms with Crippen LogP contribution in [0, 0.1) is 0 Å². The number of hydrogen-bond donors (Lipinski definition) is 3. The topological polar surface area (TPSA) is 92.8 Å². The van der Waals surface area contributed by atoms with E-state index in [1.807, 2.05) is 0 Å². The van der Waals surface area contributed by atoms with E-state index in [1.165, 1.54) is 19.2 Å². The number of ether oxygens (including phenoxy) is 1. The van der Waals surface area contributed by atoms with Crippen LogP contribution in [-0.4, -0.2) is 29.8 Å². The monoisotopic (exact) mass is 265 g/mol. The largest absolute Gasteiger partial charge is 0.508 e. The lowest BCUT2D eigenvalue weighted by molar-refractivity contribution is 0.0693. The fourth-order valence-corrected chi connectivity index (χ4v) is 2.97. The van der Waals surface area contributed by atoms with E-state index in [1.54, 1.807) is 0 Å². The minimum absolute atomic E-state index is 0.0641. The third kappa shape index (κ3) is 2.26. The first kappa shape index (κ1) is 13.7. The van der Waals surface area contributed by atoms with Gasteiger partial charge in [-0.15, -0.1) is 0 Å². The molecule has 1 aliphatic rings. The number of rotatable bonds is 4. The molecule has 1 saturated carbocycles. The summed E-state index contributed by atoms with van der Waals surface area (Å²) in [5.41, 5.74) is 6.27. The SMILES string of the molecule is COc1cc(O)c(C2(CN)CCCC2)cc1C(=O)O. The first-order valence-electron chi connectivity index (χ1n) is 6.39. The summed E-state index contributed by atoms with van der Waals surface area (Å²) >= 11 is 0. The van der Waals surface area contributed by atoms with E-state index in [9.17, 15) is 15.0 Å². The molecule has 0 saturated heterocycles. The van der Waals surface area contributed by atoms with Crippen molar-refractivity contribution in [2.45, 2.75) is 31.1 Å². The third-order valence-electron chi connectivity index (χ3n) is 4.07. The molecule has 4 N–H and O–H groups in total. The van der Waals surface area contributed by atoms with Crippen molar-refractivity contribution in [3.63, 3.8) is 0 Å². The normalized spacial score (nSPS) is 17.4.